The van der Waals surface area contributed by atoms with Gasteiger partial charge in [-0.25, -0.2) is 0 Å². The Kier molecular flexibility index (Phi) is 11.5. The number of anilines is 2. The van der Waals surface area contributed by atoms with Gasteiger partial charge in [-0.15, -0.1) is 0 Å². The first-order chi connectivity index (χ1) is 21.3. The number of hydrogen-bond donors (Lipinski definition) is 1. The quantitative estimate of drug-likeness (QED) is 0.436. The molecule has 2 saturated heterocycles. The van der Waals surface area contributed by atoms with Crippen LogP contribution in [0.25, 0.3) is 10.8 Å². The molecule has 1 amide bonds. The lowest BCUT2D eigenvalue weighted by atomic mass is 9.99. The molecule has 3 aliphatic rings. The maximum atomic E-state index is 12.4. The molecule has 234 valence electrons. The van der Waals surface area contributed by atoms with E-state index in [4.69, 9.17) is 20.0 Å². The summed E-state index contributed by atoms with van der Waals surface area (Å²) in [7, 11) is 3.77. The van der Waals surface area contributed by atoms with Gasteiger partial charge in [0.15, 0.2) is 0 Å². The number of nitriles is 1. The van der Waals surface area contributed by atoms with Gasteiger partial charge in [-0.3, -0.25) is 4.79 Å². The highest BCUT2D eigenvalue weighted by atomic mass is 16.5. The molecule has 2 aromatic carbocycles. The Balaban J connectivity index is 0.000000427. The molecule has 0 saturated carbocycles. The van der Waals surface area contributed by atoms with E-state index in [1.54, 1.807) is 18.1 Å². The minimum absolute atomic E-state index is 0.185. The van der Waals surface area contributed by atoms with Crippen molar-refractivity contribution in [2.45, 2.75) is 39.7 Å². The Hall–Kier alpha value is -4.20. The number of aryl methyl sites for hydroxylation is 1. The molecule has 0 aliphatic carbocycles. The molecule has 4 heterocycles. The Morgan fingerprint density at radius 1 is 1.02 bits per heavy atom. The van der Waals surface area contributed by atoms with Crippen molar-refractivity contribution in [3.63, 3.8) is 0 Å². The van der Waals surface area contributed by atoms with Gasteiger partial charge in [0.05, 0.1) is 32.0 Å². The zero-order valence-corrected chi connectivity index (χ0v) is 26.6. The summed E-state index contributed by atoms with van der Waals surface area (Å²) in [5.74, 6) is 0.712. The molecule has 3 aliphatic heterocycles. The minimum Gasteiger partial charge on any atom is -0.467 e. The van der Waals surface area contributed by atoms with Gasteiger partial charge in [0.2, 0.25) is 0 Å². The van der Waals surface area contributed by atoms with Crippen LogP contribution in [-0.2, 0) is 17.8 Å². The van der Waals surface area contributed by atoms with Crippen LogP contribution in [0.3, 0.4) is 0 Å². The van der Waals surface area contributed by atoms with E-state index >= 15 is 0 Å². The zero-order chi connectivity index (χ0) is 31.6. The van der Waals surface area contributed by atoms with E-state index < -0.39 is 0 Å². The number of likely N-dealkylation sites (tertiary alicyclic amines) is 1. The summed E-state index contributed by atoms with van der Waals surface area (Å²) in [5.41, 5.74) is 4.85. The lowest BCUT2D eigenvalue weighted by Gasteiger charge is -2.38. The summed E-state index contributed by atoms with van der Waals surface area (Å²) in [6.45, 7) is 13.6. The van der Waals surface area contributed by atoms with Crippen molar-refractivity contribution in [1.82, 2.24) is 19.8 Å². The number of fused-ring (bicyclic) bond motifs is 2. The van der Waals surface area contributed by atoms with E-state index in [0.29, 0.717) is 38.7 Å². The molecule has 3 aromatic rings. The predicted molar refractivity (Wildman–Crippen MR) is 175 cm³/mol. The fraction of sp³-hybridized carbons (Fsp3) is 0.471. The van der Waals surface area contributed by atoms with Gasteiger partial charge in [-0.1, -0.05) is 36.9 Å². The first-order valence-electron chi connectivity index (χ1n) is 15.3. The second-order valence-corrected chi connectivity index (χ2v) is 11.4. The standard InChI is InChI=1S/C27H31N5O3.C5H11N.C2H3N/c1-18-6-4-7-20-8-5-9-23(24(18)20)32-11-10-21-22(16-32)28-27(35-3)29-25(21)30-12-14-31(15-13-30)26(34)19(2)17-33;1-6-4-2-3-5-6;1-2-3/h4-9,33H,2,10-17H2,1,3H3;2-5H2,1H3;1H3. The molecule has 10 nitrogen and oxygen atoms in total. The molecule has 0 bridgehead atoms. The molecule has 0 atom stereocenters. The molecule has 10 heteroatoms. The van der Waals surface area contributed by atoms with Crippen molar-refractivity contribution in [3.05, 3.63) is 65.4 Å². The Labute approximate surface area is 261 Å². The highest BCUT2D eigenvalue weighted by Crippen LogP contribution is 2.35. The Morgan fingerprint density at radius 3 is 2.27 bits per heavy atom. The summed E-state index contributed by atoms with van der Waals surface area (Å²) >= 11 is 0. The summed E-state index contributed by atoms with van der Waals surface area (Å²) in [6, 6.07) is 15.0. The zero-order valence-electron chi connectivity index (χ0n) is 26.6. The number of ether oxygens (including phenoxy) is 1. The predicted octanol–water partition coefficient (Wildman–Crippen LogP) is 3.95. The number of nitrogens with zero attached hydrogens (tertiary/aromatic N) is 7. The van der Waals surface area contributed by atoms with Crippen molar-refractivity contribution in [2.75, 3.05) is 76.4 Å². The third kappa shape index (κ3) is 7.65. The van der Waals surface area contributed by atoms with E-state index in [1.807, 2.05) is 0 Å². The maximum absolute atomic E-state index is 12.4. The number of benzene rings is 2. The first kappa shape index (κ1) is 32.7. The largest absolute Gasteiger partial charge is 0.467 e. The summed E-state index contributed by atoms with van der Waals surface area (Å²) in [5, 5.41) is 19.1. The number of carbonyl (C=O) groups excluding carboxylic acids is 1. The number of carbonyl (C=O) groups is 1. The summed E-state index contributed by atoms with van der Waals surface area (Å²) < 4.78 is 5.48. The first-order valence-corrected chi connectivity index (χ1v) is 15.3. The van der Waals surface area contributed by atoms with Crippen LogP contribution in [0, 0.1) is 18.3 Å². The molecule has 1 aromatic heterocycles. The lowest BCUT2D eigenvalue weighted by Crippen LogP contribution is -2.50. The third-order valence-electron chi connectivity index (χ3n) is 8.33. The number of methoxy groups -OCH3 is 1. The van der Waals surface area contributed by atoms with Gasteiger partial charge < -0.3 is 29.4 Å². The number of hydrogen-bond acceptors (Lipinski definition) is 9. The van der Waals surface area contributed by atoms with Crippen molar-refractivity contribution >= 4 is 28.2 Å². The maximum Gasteiger partial charge on any atom is 0.318 e. The third-order valence-corrected chi connectivity index (χ3v) is 8.33. The molecular formula is C34H45N7O3. The number of rotatable bonds is 5. The second kappa shape index (κ2) is 15.5. The fourth-order valence-corrected chi connectivity index (χ4v) is 6.00. The number of aliphatic hydroxyl groups excluding tert-OH is 1. The summed E-state index contributed by atoms with van der Waals surface area (Å²) in [6.07, 6.45) is 3.66. The average molecular weight is 600 g/mol. The SMILES string of the molecule is C=C(CO)C(=O)N1CCN(c2nc(OC)nc3c2CCN(c2cccc4cccc(C)c24)C3)CC1.CC#N.CN1CCCC1. The normalized spacial score (nSPS) is 16.2. The highest BCUT2D eigenvalue weighted by Gasteiger charge is 2.29. The van der Waals surface area contributed by atoms with Gasteiger partial charge in [0, 0.05) is 61.9 Å². The summed E-state index contributed by atoms with van der Waals surface area (Å²) in [4.78, 5) is 30.6. The van der Waals surface area contributed by atoms with Gasteiger partial charge >= 0.3 is 6.01 Å². The van der Waals surface area contributed by atoms with Crippen molar-refractivity contribution in [2.24, 2.45) is 0 Å². The topological polar surface area (TPSA) is 109 Å². The molecule has 6 rings (SSSR count). The number of amides is 1. The van der Waals surface area contributed by atoms with E-state index in [1.165, 1.54) is 54.9 Å². The monoisotopic (exact) mass is 599 g/mol. The fourth-order valence-electron chi connectivity index (χ4n) is 6.00. The Morgan fingerprint density at radius 2 is 1.68 bits per heavy atom. The number of piperazine rings is 1. The van der Waals surface area contributed by atoms with Crippen LogP contribution in [0.1, 0.15) is 36.6 Å². The van der Waals surface area contributed by atoms with Crippen LogP contribution in [0.4, 0.5) is 11.5 Å². The van der Waals surface area contributed by atoms with Crippen molar-refractivity contribution < 1.29 is 14.6 Å². The van der Waals surface area contributed by atoms with Gasteiger partial charge in [-0.2, -0.15) is 15.2 Å². The van der Waals surface area contributed by atoms with E-state index in [0.717, 1.165) is 30.0 Å². The van der Waals surface area contributed by atoms with E-state index in [-0.39, 0.29) is 18.1 Å². The van der Waals surface area contributed by atoms with E-state index in [2.05, 4.69) is 71.6 Å². The Bertz CT molecular complexity index is 1480. The molecular weight excluding hydrogens is 554 g/mol. The molecule has 44 heavy (non-hydrogen) atoms. The number of aromatic nitrogens is 2. The van der Waals surface area contributed by atoms with Crippen LogP contribution in [0.15, 0.2) is 48.6 Å². The van der Waals surface area contributed by atoms with Crippen LogP contribution in [0.5, 0.6) is 6.01 Å². The average Bonchev–Trinajstić information content (AvgIpc) is 3.54. The van der Waals surface area contributed by atoms with Crippen LogP contribution in [0.2, 0.25) is 0 Å². The highest BCUT2D eigenvalue weighted by molar-refractivity contribution is 5.97. The second-order valence-electron chi connectivity index (χ2n) is 11.4. The molecule has 0 radical (unpaired) electrons. The van der Waals surface area contributed by atoms with E-state index in [9.17, 15) is 9.90 Å². The lowest BCUT2D eigenvalue weighted by molar-refractivity contribution is -0.127. The molecule has 0 spiro atoms. The molecule has 1 N–H and O–H groups in total. The van der Waals surface area contributed by atoms with Crippen LogP contribution >= 0.6 is 0 Å². The van der Waals surface area contributed by atoms with Gasteiger partial charge in [0.25, 0.3) is 5.91 Å². The van der Waals surface area contributed by atoms with Gasteiger partial charge in [-0.05, 0) is 63.3 Å². The molecule has 0 unspecified atom stereocenters. The van der Waals surface area contributed by atoms with Crippen molar-refractivity contribution in [1.29, 1.82) is 5.26 Å². The minimum atomic E-state index is -0.317. The van der Waals surface area contributed by atoms with Crippen LogP contribution in [-0.4, -0.2) is 97.4 Å². The van der Waals surface area contributed by atoms with Crippen molar-refractivity contribution in [3.8, 4) is 12.1 Å². The number of aliphatic hydroxyl groups is 1. The van der Waals surface area contributed by atoms with Gasteiger partial charge in [0.1, 0.15) is 5.82 Å². The smallest absolute Gasteiger partial charge is 0.318 e. The van der Waals surface area contributed by atoms with Crippen LogP contribution < -0.4 is 14.5 Å². The molecule has 2 fully saturated rings.